The quantitative estimate of drug-likeness (QED) is 0.269. The average molecular weight is 579 g/mol. The van der Waals surface area contributed by atoms with Gasteiger partial charge in [0.05, 0.1) is 26.9 Å². The van der Waals surface area contributed by atoms with E-state index in [-0.39, 0.29) is 43.3 Å². The van der Waals surface area contributed by atoms with Crippen molar-refractivity contribution < 1.29 is 37.3 Å². The number of carbonyl (C=O) groups excluding carboxylic acids is 2. The van der Waals surface area contributed by atoms with Crippen LogP contribution in [0, 0.1) is 11.6 Å². The number of hydrogen-bond acceptors (Lipinski definition) is 8. The second-order valence-electron chi connectivity index (χ2n) is 10.0. The molecule has 11 nitrogen and oxygen atoms in total. The summed E-state index contributed by atoms with van der Waals surface area (Å²) in [5.74, 6) is -2.74. The maximum Gasteiger partial charge on any atom is 0.510 e. The number of carbonyl (C=O) groups is 2. The van der Waals surface area contributed by atoms with Crippen LogP contribution in [0.4, 0.5) is 13.6 Å². The molecule has 2 aromatic carbocycles. The van der Waals surface area contributed by atoms with Crippen LogP contribution in [0.1, 0.15) is 33.4 Å². The number of aromatic nitrogens is 2. The molecule has 3 aliphatic heterocycles. The molecular formula is C29H24F2N4O7. The number of para-hydroxylation sites is 1. The summed E-state index contributed by atoms with van der Waals surface area (Å²) in [6, 6.07) is 12.7. The van der Waals surface area contributed by atoms with Gasteiger partial charge in [-0.1, -0.05) is 24.3 Å². The Morgan fingerprint density at radius 3 is 2.79 bits per heavy atom. The number of hydrogen-bond donors (Lipinski definition) is 0. The molecule has 5 heterocycles. The molecule has 216 valence electrons. The summed E-state index contributed by atoms with van der Waals surface area (Å²) in [6.07, 6.45) is -0.255. The highest BCUT2D eigenvalue weighted by molar-refractivity contribution is 5.97. The Hall–Kier alpha value is -4.91. The van der Waals surface area contributed by atoms with Crippen LogP contribution in [0.2, 0.25) is 0 Å². The maximum absolute atomic E-state index is 15.5. The van der Waals surface area contributed by atoms with Gasteiger partial charge in [-0.25, -0.2) is 13.6 Å². The van der Waals surface area contributed by atoms with E-state index in [9.17, 15) is 18.8 Å². The minimum atomic E-state index is -1.03. The SMILES string of the molecule is COC(=O)OCOc1c2n(ccc1=O)N([C@H]1c3ccc(F)c(F)c3Cn3c1cc1ccccc13)[C@@H]1COCCN1C2=O. The summed E-state index contributed by atoms with van der Waals surface area (Å²) in [6.45, 7) is 0.0161. The summed E-state index contributed by atoms with van der Waals surface area (Å²) >= 11 is 0. The molecule has 0 N–H and O–H groups in total. The first-order chi connectivity index (χ1) is 20.4. The number of amides is 1. The first kappa shape index (κ1) is 26.0. The lowest BCUT2D eigenvalue weighted by Crippen LogP contribution is -2.66. The number of benzene rings is 2. The Labute approximate surface area is 236 Å². The standard InChI is InChI=1S/C29H24F2N4O7/c1-39-29(38)42-15-41-27-22(36)8-9-34-26(27)28(37)32-10-11-40-14-23(32)35(34)25-17-6-7-19(30)24(31)18(17)13-33-20-5-3-2-4-16(20)12-21(25)33/h2-9,12,23,25H,10-11,13-15H2,1H3/t23-,25+/m1/s1. The number of morpholine rings is 1. The van der Waals surface area contributed by atoms with Gasteiger partial charge in [0, 0.05) is 35.6 Å². The van der Waals surface area contributed by atoms with Gasteiger partial charge in [0.2, 0.25) is 18.0 Å². The van der Waals surface area contributed by atoms with Crippen molar-refractivity contribution in [2.45, 2.75) is 18.8 Å². The molecule has 1 amide bonds. The Morgan fingerprint density at radius 2 is 1.95 bits per heavy atom. The minimum Gasteiger partial charge on any atom is -0.451 e. The molecule has 0 spiro atoms. The van der Waals surface area contributed by atoms with Crippen LogP contribution in [0.5, 0.6) is 5.75 Å². The fourth-order valence-corrected chi connectivity index (χ4v) is 6.11. The summed E-state index contributed by atoms with van der Waals surface area (Å²) < 4.78 is 54.1. The molecule has 7 rings (SSSR count). The van der Waals surface area contributed by atoms with Crippen molar-refractivity contribution in [3.63, 3.8) is 0 Å². The van der Waals surface area contributed by atoms with E-state index < -0.39 is 48.1 Å². The largest absolute Gasteiger partial charge is 0.510 e. The molecule has 2 atom stereocenters. The van der Waals surface area contributed by atoms with Crippen LogP contribution in [0.3, 0.4) is 0 Å². The van der Waals surface area contributed by atoms with Crippen LogP contribution >= 0.6 is 0 Å². The summed E-state index contributed by atoms with van der Waals surface area (Å²) in [4.78, 5) is 39.9. The van der Waals surface area contributed by atoms with Crippen LogP contribution < -0.4 is 15.2 Å². The fourth-order valence-electron chi connectivity index (χ4n) is 6.11. The number of methoxy groups -OCH3 is 1. The van der Waals surface area contributed by atoms with E-state index in [2.05, 4.69) is 4.74 Å². The molecule has 2 aromatic heterocycles. The van der Waals surface area contributed by atoms with Gasteiger partial charge in [-0.3, -0.25) is 19.3 Å². The molecule has 4 aromatic rings. The van der Waals surface area contributed by atoms with Crippen molar-refractivity contribution in [3.05, 3.63) is 99.1 Å². The minimum absolute atomic E-state index is 0.103. The molecule has 0 aliphatic carbocycles. The number of ether oxygens (including phenoxy) is 4. The fraction of sp³-hybridized carbons (Fsp3) is 0.276. The van der Waals surface area contributed by atoms with Crippen molar-refractivity contribution in [1.82, 2.24) is 14.1 Å². The summed E-state index contributed by atoms with van der Waals surface area (Å²) in [7, 11) is 1.12. The molecule has 0 radical (unpaired) electrons. The van der Waals surface area contributed by atoms with Gasteiger partial charge in [-0.2, -0.15) is 0 Å². The lowest BCUT2D eigenvalue weighted by Gasteiger charge is -2.52. The molecule has 1 fully saturated rings. The molecule has 0 unspecified atom stereocenters. The van der Waals surface area contributed by atoms with E-state index >= 15 is 4.39 Å². The zero-order valence-corrected chi connectivity index (χ0v) is 22.3. The molecule has 0 bridgehead atoms. The van der Waals surface area contributed by atoms with Crippen molar-refractivity contribution >= 4 is 23.0 Å². The molecule has 1 saturated heterocycles. The third-order valence-electron chi connectivity index (χ3n) is 7.93. The Balaban J connectivity index is 1.46. The monoisotopic (exact) mass is 578 g/mol. The van der Waals surface area contributed by atoms with Gasteiger partial charge in [-0.05, 0) is 29.1 Å². The van der Waals surface area contributed by atoms with Gasteiger partial charge >= 0.3 is 6.16 Å². The number of halogens is 2. The van der Waals surface area contributed by atoms with Crippen molar-refractivity contribution in [1.29, 1.82) is 0 Å². The molecule has 3 aliphatic rings. The lowest BCUT2D eigenvalue weighted by atomic mass is 9.92. The maximum atomic E-state index is 15.5. The van der Waals surface area contributed by atoms with E-state index in [1.54, 1.807) is 11.0 Å². The number of nitrogens with zero attached hydrogens (tertiary/aromatic N) is 4. The number of fused-ring (bicyclic) bond motifs is 6. The summed E-state index contributed by atoms with van der Waals surface area (Å²) in [5, 5.41) is 2.73. The highest BCUT2D eigenvalue weighted by Gasteiger charge is 2.47. The zero-order valence-electron chi connectivity index (χ0n) is 22.3. The second-order valence-corrected chi connectivity index (χ2v) is 10.0. The van der Waals surface area contributed by atoms with E-state index in [1.807, 2.05) is 39.9 Å². The second kappa shape index (κ2) is 9.87. The molecule has 42 heavy (non-hydrogen) atoms. The van der Waals surface area contributed by atoms with E-state index in [0.29, 0.717) is 5.56 Å². The van der Waals surface area contributed by atoms with Gasteiger partial charge < -0.3 is 28.4 Å². The number of pyridine rings is 1. The van der Waals surface area contributed by atoms with Crippen molar-refractivity contribution in [3.8, 4) is 5.75 Å². The smallest absolute Gasteiger partial charge is 0.451 e. The van der Waals surface area contributed by atoms with Crippen molar-refractivity contribution in [2.75, 3.05) is 38.7 Å². The third kappa shape index (κ3) is 3.84. The molecular weight excluding hydrogens is 554 g/mol. The van der Waals surface area contributed by atoms with E-state index in [1.165, 1.54) is 16.9 Å². The van der Waals surface area contributed by atoms with Gasteiger partial charge in [0.1, 0.15) is 12.2 Å². The highest BCUT2D eigenvalue weighted by atomic mass is 19.2. The normalized spacial score (nSPS) is 19.1. The lowest BCUT2D eigenvalue weighted by molar-refractivity contribution is -0.0211. The highest BCUT2D eigenvalue weighted by Crippen LogP contribution is 2.43. The Kier molecular flexibility index (Phi) is 6.12. The van der Waals surface area contributed by atoms with Crippen LogP contribution in [-0.2, 0) is 20.8 Å². The third-order valence-corrected chi connectivity index (χ3v) is 7.93. The first-order valence-corrected chi connectivity index (χ1v) is 13.2. The molecule has 13 heteroatoms. The van der Waals surface area contributed by atoms with Crippen LogP contribution in [0.25, 0.3) is 10.9 Å². The topological polar surface area (TPSA) is 104 Å². The van der Waals surface area contributed by atoms with E-state index in [0.717, 1.165) is 29.8 Å². The predicted molar refractivity (Wildman–Crippen MR) is 143 cm³/mol. The number of rotatable bonds is 4. The Morgan fingerprint density at radius 1 is 1.12 bits per heavy atom. The van der Waals surface area contributed by atoms with E-state index in [4.69, 9.17) is 14.2 Å². The Bertz CT molecular complexity index is 1820. The van der Waals surface area contributed by atoms with Gasteiger partial charge in [0.25, 0.3) is 5.91 Å². The first-order valence-electron chi connectivity index (χ1n) is 13.2. The average Bonchev–Trinajstić information content (AvgIpc) is 3.38. The summed E-state index contributed by atoms with van der Waals surface area (Å²) in [5.41, 5.74) is 1.58. The van der Waals surface area contributed by atoms with Gasteiger partial charge in [-0.15, -0.1) is 0 Å². The zero-order chi connectivity index (χ0) is 29.1. The van der Waals surface area contributed by atoms with Crippen LogP contribution in [-0.4, -0.2) is 66.0 Å². The van der Waals surface area contributed by atoms with Crippen molar-refractivity contribution in [2.24, 2.45) is 0 Å². The predicted octanol–water partition coefficient (Wildman–Crippen LogP) is 3.10. The van der Waals surface area contributed by atoms with Crippen LogP contribution in [0.15, 0.2) is 59.5 Å². The molecule has 0 saturated carbocycles. The van der Waals surface area contributed by atoms with Gasteiger partial charge in [0.15, 0.2) is 17.3 Å².